The summed E-state index contributed by atoms with van der Waals surface area (Å²) in [7, 11) is 0. The molecule has 0 saturated heterocycles. The molecule has 0 radical (unpaired) electrons. The zero-order valence-electron chi connectivity index (χ0n) is 19.1. The van der Waals surface area contributed by atoms with Gasteiger partial charge in [0.2, 0.25) is 5.91 Å². The molecule has 0 aromatic heterocycles. The number of nitrogen functional groups attached to an aromatic ring is 1. The number of nitrogens with two attached hydrogens (primary N) is 1. The van der Waals surface area contributed by atoms with Gasteiger partial charge in [0.05, 0.1) is 17.1 Å². The lowest BCUT2D eigenvalue weighted by Gasteiger charge is -2.18. The first-order valence-corrected chi connectivity index (χ1v) is 11.2. The van der Waals surface area contributed by atoms with Crippen molar-refractivity contribution in [3.63, 3.8) is 0 Å². The second-order valence-corrected chi connectivity index (χ2v) is 7.97. The lowest BCUT2D eigenvalue weighted by molar-refractivity contribution is -0.111. The Labute approximate surface area is 207 Å². The van der Waals surface area contributed by atoms with E-state index in [1.165, 1.54) is 24.3 Å². The number of anilines is 3. The van der Waals surface area contributed by atoms with Gasteiger partial charge in [-0.1, -0.05) is 60.7 Å². The van der Waals surface area contributed by atoms with Gasteiger partial charge in [-0.2, -0.15) is 0 Å². The fourth-order valence-corrected chi connectivity index (χ4v) is 3.66. The van der Waals surface area contributed by atoms with Crippen LogP contribution in [0.5, 0.6) is 5.75 Å². The van der Waals surface area contributed by atoms with Gasteiger partial charge in [-0.15, -0.1) is 0 Å². The van der Waals surface area contributed by atoms with Crippen molar-refractivity contribution >= 4 is 39.8 Å². The minimum Gasteiger partial charge on any atom is -0.505 e. The van der Waals surface area contributed by atoms with Crippen LogP contribution in [0.25, 0.3) is 10.8 Å². The van der Waals surface area contributed by atoms with E-state index >= 15 is 0 Å². The van der Waals surface area contributed by atoms with E-state index < -0.39 is 29.7 Å². The number of phenols is 1. The third-order valence-electron chi connectivity index (χ3n) is 5.46. The minimum absolute atomic E-state index is 0.0743. The van der Waals surface area contributed by atoms with Crippen LogP contribution in [0.3, 0.4) is 0 Å². The molecule has 1 atom stereocenters. The number of carbonyl (C=O) groups excluding carboxylic acids is 2. The first-order valence-electron chi connectivity index (χ1n) is 11.2. The molecule has 0 unspecified atom stereocenters. The van der Waals surface area contributed by atoms with Crippen LogP contribution in [0.15, 0.2) is 97.1 Å². The third-order valence-corrected chi connectivity index (χ3v) is 5.46. The minimum atomic E-state index is -0.930. The maximum atomic E-state index is 14.0. The molecule has 0 saturated carbocycles. The molecule has 4 aromatic rings. The number of para-hydroxylation sites is 2. The SMILES string of the molecule is Nc1ccccc1NC(=O)/C=C/C[C@@H](OC(=O)Nc1cccc2ccccc12)c1ccc(O)c(F)c1. The van der Waals surface area contributed by atoms with Gasteiger partial charge in [0, 0.05) is 11.8 Å². The number of hydrogen-bond acceptors (Lipinski definition) is 5. The van der Waals surface area contributed by atoms with Gasteiger partial charge in [-0.25, -0.2) is 9.18 Å². The van der Waals surface area contributed by atoms with Gasteiger partial charge in [0.25, 0.3) is 0 Å². The molecular weight excluding hydrogens is 461 g/mol. The Balaban J connectivity index is 1.49. The molecular formula is C28H24FN3O4. The number of aromatic hydroxyl groups is 1. The summed E-state index contributed by atoms with van der Waals surface area (Å²) in [5.41, 5.74) is 7.61. The van der Waals surface area contributed by atoms with E-state index in [0.29, 0.717) is 22.6 Å². The normalized spacial score (nSPS) is 11.8. The van der Waals surface area contributed by atoms with Crippen molar-refractivity contribution in [2.24, 2.45) is 0 Å². The van der Waals surface area contributed by atoms with Crippen LogP contribution in [0, 0.1) is 5.82 Å². The van der Waals surface area contributed by atoms with Crippen molar-refractivity contribution in [3.05, 3.63) is 108 Å². The Morgan fingerprint density at radius 2 is 1.67 bits per heavy atom. The summed E-state index contributed by atoms with van der Waals surface area (Å²) in [6.45, 7) is 0. The highest BCUT2D eigenvalue weighted by Crippen LogP contribution is 2.28. The maximum absolute atomic E-state index is 14.0. The van der Waals surface area contributed by atoms with Crippen molar-refractivity contribution in [2.45, 2.75) is 12.5 Å². The number of phenolic OH excluding ortho intramolecular Hbond substituents is 1. The summed E-state index contributed by atoms with van der Waals surface area (Å²) < 4.78 is 19.6. The van der Waals surface area contributed by atoms with Crippen LogP contribution in [0.2, 0.25) is 0 Å². The largest absolute Gasteiger partial charge is 0.505 e. The number of carbonyl (C=O) groups is 2. The smallest absolute Gasteiger partial charge is 0.412 e. The molecule has 4 aromatic carbocycles. The summed E-state index contributed by atoms with van der Waals surface area (Å²) in [5, 5.41) is 16.7. The van der Waals surface area contributed by atoms with Gasteiger partial charge < -0.3 is 20.9 Å². The number of benzene rings is 4. The molecule has 0 fully saturated rings. The summed E-state index contributed by atoms with van der Waals surface area (Å²) >= 11 is 0. The fraction of sp³-hybridized carbons (Fsp3) is 0.0714. The van der Waals surface area contributed by atoms with Gasteiger partial charge in [0.1, 0.15) is 6.10 Å². The Morgan fingerprint density at radius 1 is 0.944 bits per heavy atom. The molecule has 36 heavy (non-hydrogen) atoms. The Kier molecular flexibility index (Phi) is 7.45. The van der Waals surface area contributed by atoms with E-state index in [2.05, 4.69) is 10.6 Å². The van der Waals surface area contributed by atoms with Gasteiger partial charge in [-0.3, -0.25) is 10.1 Å². The summed E-state index contributed by atoms with van der Waals surface area (Å²) in [6.07, 6.45) is 1.18. The summed E-state index contributed by atoms with van der Waals surface area (Å²) in [6, 6.07) is 23.6. The van der Waals surface area contributed by atoms with Crippen LogP contribution >= 0.6 is 0 Å². The first-order chi connectivity index (χ1) is 17.4. The molecule has 7 nitrogen and oxygen atoms in total. The molecule has 4 rings (SSSR count). The molecule has 0 bridgehead atoms. The Morgan fingerprint density at radius 3 is 2.47 bits per heavy atom. The van der Waals surface area contributed by atoms with E-state index in [0.717, 1.165) is 16.8 Å². The second kappa shape index (κ2) is 11.1. The Bertz CT molecular complexity index is 1430. The van der Waals surface area contributed by atoms with E-state index in [4.69, 9.17) is 10.5 Å². The van der Waals surface area contributed by atoms with E-state index in [1.807, 2.05) is 36.4 Å². The van der Waals surface area contributed by atoms with Crippen molar-refractivity contribution in [3.8, 4) is 5.75 Å². The quantitative estimate of drug-likeness (QED) is 0.185. The first kappa shape index (κ1) is 24.3. The molecule has 8 heteroatoms. The lowest BCUT2D eigenvalue weighted by atomic mass is 10.1. The van der Waals surface area contributed by atoms with Crippen molar-refractivity contribution in [1.82, 2.24) is 0 Å². The topological polar surface area (TPSA) is 114 Å². The number of rotatable bonds is 7. The predicted molar refractivity (Wildman–Crippen MR) is 138 cm³/mol. The number of ether oxygens (including phenoxy) is 1. The van der Waals surface area contributed by atoms with E-state index in [9.17, 15) is 19.1 Å². The average Bonchev–Trinajstić information content (AvgIpc) is 2.87. The zero-order chi connectivity index (χ0) is 25.5. The van der Waals surface area contributed by atoms with Crippen molar-refractivity contribution < 1.29 is 23.8 Å². The van der Waals surface area contributed by atoms with Gasteiger partial charge >= 0.3 is 6.09 Å². The molecule has 2 amide bonds. The molecule has 0 aliphatic rings. The predicted octanol–water partition coefficient (Wildman–Crippen LogP) is 6.14. The zero-order valence-corrected chi connectivity index (χ0v) is 19.1. The summed E-state index contributed by atoms with van der Waals surface area (Å²) in [4.78, 5) is 25.1. The van der Waals surface area contributed by atoms with Crippen LogP contribution < -0.4 is 16.4 Å². The fourth-order valence-electron chi connectivity index (χ4n) is 3.66. The highest BCUT2D eigenvalue weighted by atomic mass is 19.1. The highest BCUT2D eigenvalue weighted by molar-refractivity contribution is 6.01. The molecule has 0 aliphatic heterocycles. The number of halogens is 1. The molecule has 0 aliphatic carbocycles. The lowest BCUT2D eigenvalue weighted by Crippen LogP contribution is -2.18. The third kappa shape index (κ3) is 5.98. The van der Waals surface area contributed by atoms with Crippen LogP contribution in [-0.4, -0.2) is 17.1 Å². The van der Waals surface area contributed by atoms with E-state index in [-0.39, 0.29) is 6.42 Å². The highest BCUT2D eigenvalue weighted by Gasteiger charge is 2.18. The number of nitrogens with one attached hydrogen (secondary N) is 2. The maximum Gasteiger partial charge on any atom is 0.412 e. The van der Waals surface area contributed by atoms with Crippen molar-refractivity contribution in [2.75, 3.05) is 16.4 Å². The second-order valence-electron chi connectivity index (χ2n) is 7.97. The van der Waals surface area contributed by atoms with Crippen molar-refractivity contribution in [1.29, 1.82) is 0 Å². The monoisotopic (exact) mass is 485 g/mol. The average molecular weight is 486 g/mol. The van der Waals surface area contributed by atoms with Gasteiger partial charge in [0.15, 0.2) is 11.6 Å². The van der Waals surface area contributed by atoms with Crippen LogP contribution in [0.1, 0.15) is 18.1 Å². The Hall–Kier alpha value is -4.85. The van der Waals surface area contributed by atoms with Crippen LogP contribution in [0.4, 0.5) is 26.2 Å². The standard InChI is InChI=1S/C28H24FN3O4/c29-21-17-19(15-16-25(21)33)26(13-6-14-27(34)31-24-11-4-3-10-22(24)30)36-28(35)32-23-12-5-8-18-7-1-2-9-20(18)23/h1-12,14-17,26,33H,13,30H2,(H,31,34)(H,32,35)/b14-6+/t26-/m1/s1. The number of hydrogen-bond donors (Lipinski definition) is 4. The molecule has 0 spiro atoms. The number of fused-ring (bicyclic) bond motifs is 1. The molecule has 0 heterocycles. The molecule has 5 N–H and O–H groups in total. The molecule has 182 valence electrons. The summed E-state index contributed by atoms with van der Waals surface area (Å²) in [5.74, 6) is -1.80. The number of amides is 2. The van der Waals surface area contributed by atoms with Crippen LogP contribution in [-0.2, 0) is 9.53 Å². The van der Waals surface area contributed by atoms with Gasteiger partial charge in [-0.05, 0) is 47.4 Å². The van der Waals surface area contributed by atoms with E-state index in [1.54, 1.807) is 30.3 Å².